The zero-order chi connectivity index (χ0) is 20.9. The highest BCUT2D eigenvalue weighted by atomic mass is 32.2. The lowest BCUT2D eigenvalue weighted by molar-refractivity contribution is 0.102. The van der Waals surface area contributed by atoms with Crippen molar-refractivity contribution in [2.45, 2.75) is 48.3 Å². The molecule has 1 aliphatic rings. The Bertz CT molecular complexity index is 993. The van der Waals surface area contributed by atoms with Gasteiger partial charge >= 0.3 is 0 Å². The Balaban J connectivity index is 1.42. The van der Waals surface area contributed by atoms with Crippen molar-refractivity contribution in [2.24, 2.45) is 5.92 Å². The fraction of sp³-hybridized carbons (Fsp3) is 0.292. The van der Waals surface area contributed by atoms with Crippen molar-refractivity contribution in [2.75, 3.05) is 5.32 Å². The summed E-state index contributed by atoms with van der Waals surface area (Å²) >= 11 is 1.64. The van der Waals surface area contributed by atoms with Crippen LogP contribution in [0.15, 0.2) is 64.4 Å². The summed E-state index contributed by atoms with van der Waals surface area (Å²) < 4.78 is 0. The van der Waals surface area contributed by atoms with Crippen molar-refractivity contribution in [3.05, 3.63) is 65.9 Å². The molecule has 1 heterocycles. The predicted molar refractivity (Wildman–Crippen MR) is 119 cm³/mol. The lowest BCUT2D eigenvalue weighted by Crippen LogP contribution is -2.12. The second-order valence-electron chi connectivity index (χ2n) is 7.78. The third-order valence-corrected chi connectivity index (χ3v) is 6.58. The van der Waals surface area contributed by atoms with Gasteiger partial charge in [0.1, 0.15) is 5.56 Å². The number of anilines is 1. The maximum absolute atomic E-state index is 12.7. The molecule has 1 aromatic heterocycles. The number of amides is 1. The summed E-state index contributed by atoms with van der Waals surface area (Å²) in [5.74, 6) is -0.480. The van der Waals surface area contributed by atoms with Gasteiger partial charge < -0.3 is 20.5 Å². The molecule has 0 bridgehead atoms. The van der Waals surface area contributed by atoms with Crippen LogP contribution in [0.3, 0.4) is 0 Å². The number of rotatable bonds is 6. The Morgan fingerprint density at radius 2 is 1.63 bits per heavy atom. The van der Waals surface area contributed by atoms with Gasteiger partial charge in [-0.05, 0) is 48.7 Å². The molecule has 5 nitrogen and oxygen atoms in total. The van der Waals surface area contributed by atoms with Crippen LogP contribution in [-0.2, 0) is 6.42 Å². The minimum Gasteiger partial charge on any atom is -0.505 e. The molecule has 0 saturated heterocycles. The molecule has 1 fully saturated rings. The minimum atomic E-state index is -0.528. The number of hydrogen-bond acceptors (Lipinski definition) is 4. The van der Waals surface area contributed by atoms with Gasteiger partial charge in [-0.1, -0.05) is 62.1 Å². The largest absolute Gasteiger partial charge is 0.505 e. The third-order valence-electron chi connectivity index (χ3n) is 5.56. The number of hydrogen-bond donors (Lipinski definition) is 4. The first kappa shape index (κ1) is 20.4. The smallest absolute Gasteiger partial charge is 0.264 e. The SMILES string of the molecule is O=C(Nc1ccc(Sc2ccccc2)cc1)c1c(O)[nH]c(CC2CCCCC2)c1O. The number of aromatic hydroxyl groups is 2. The van der Waals surface area contributed by atoms with Crippen LogP contribution in [0, 0.1) is 5.92 Å². The Labute approximate surface area is 180 Å². The van der Waals surface area contributed by atoms with Crippen LogP contribution in [0.2, 0.25) is 0 Å². The van der Waals surface area contributed by atoms with Crippen molar-refractivity contribution in [3.8, 4) is 11.6 Å². The number of carbonyl (C=O) groups is 1. The van der Waals surface area contributed by atoms with E-state index in [9.17, 15) is 15.0 Å². The molecule has 2 aromatic carbocycles. The molecular weight excluding hydrogens is 396 g/mol. The van der Waals surface area contributed by atoms with E-state index >= 15 is 0 Å². The Morgan fingerprint density at radius 3 is 2.33 bits per heavy atom. The van der Waals surface area contributed by atoms with Crippen LogP contribution in [0.1, 0.15) is 48.2 Å². The van der Waals surface area contributed by atoms with E-state index < -0.39 is 5.91 Å². The zero-order valence-corrected chi connectivity index (χ0v) is 17.5. The highest BCUT2D eigenvalue weighted by Gasteiger charge is 2.25. The number of aromatic nitrogens is 1. The van der Waals surface area contributed by atoms with Gasteiger partial charge in [0.2, 0.25) is 5.88 Å². The molecule has 1 amide bonds. The van der Waals surface area contributed by atoms with Gasteiger partial charge in [0, 0.05) is 15.5 Å². The van der Waals surface area contributed by atoms with E-state index in [4.69, 9.17) is 0 Å². The summed E-state index contributed by atoms with van der Waals surface area (Å²) in [5, 5.41) is 23.5. The van der Waals surface area contributed by atoms with Gasteiger partial charge in [-0.3, -0.25) is 4.79 Å². The molecule has 3 aromatic rings. The summed E-state index contributed by atoms with van der Waals surface area (Å²) in [6.07, 6.45) is 6.54. The predicted octanol–water partition coefficient (Wildman–Crippen LogP) is 5.95. The minimum absolute atomic E-state index is 0.0939. The maximum atomic E-state index is 12.7. The molecule has 0 spiro atoms. The van der Waals surface area contributed by atoms with Gasteiger partial charge in [-0.25, -0.2) is 0 Å². The van der Waals surface area contributed by atoms with Crippen LogP contribution >= 0.6 is 11.8 Å². The molecule has 30 heavy (non-hydrogen) atoms. The molecule has 0 unspecified atom stereocenters. The van der Waals surface area contributed by atoms with Gasteiger partial charge in [-0.2, -0.15) is 0 Å². The summed E-state index contributed by atoms with van der Waals surface area (Å²) in [6, 6.07) is 17.5. The highest BCUT2D eigenvalue weighted by Crippen LogP contribution is 2.36. The van der Waals surface area contributed by atoms with Crippen LogP contribution in [0.4, 0.5) is 5.69 Å². The summed E-state index contributed by atoms with van der Waals surface area (Å²) in [5.41, 5.74) is 1.05. The second-order valence-corrected chi connectivity index (χ2v) is 8.92. The Kier molecular flexibility index (Phi) is 6.33. The third kappa shape index (κ3) is 4.82. The number of aromatic amines is 1. The Morgan fingerprint density at radius 1 is 0.967 bits per heavy atom. The van der Waals surface area contributed by atoms with E-state index in [1.54, 1.807) is 11.8 Å². The monoisotopic (exact) mass is 422 g/mol. The second kappa shape index (κ2) is 9.30. The first-order valence-electron chi connectivity index (χ1n) is 10.4. The molecule has 156 valence electrons. The number of nitrogens with one attached hydrogen (secondary N) is 2. The van der Waals surface area contributed by atoms with E-state index in [0.717, 1.165) is 22.6 Å². The van der Waals surface area contributed by atoms with Crippen LogP contribution < -0.4 is 5.32 Å². The molecule has 0 atom stereocenters. The summed E-state index contributed by atoms with van der Waals surface area (Å²) in [7, 11) is 0. The van der Waals surface area contributed by atoms with E-state index in [-0.39, 0.29) is 17.2 Å². The molecule has 1 aliphatic carbocycles. The Hall–Kier alpha value is -2.86. The standard InChI is InChI=1S/C24H26N2O3S/c27-22-20(15-16-7-3-1-4-8-16)26-24(29)21(22)23(28)25-17-11-13-19(14-12-17)30-18-9-5-2-6-10-18/h2,5-6,9-14,16,26-27,29H,1,3-4,7-8,15H2,(H,25,28). The molecule has 0 radical (unpaired) electrons. The fourth-order valence-electron chi connectivity index (χ4n) is 3.99. The average Bonchev–Trinajstić information content (AvgIpc) is 3.04. The highest BCUT2D eigenvalue weighted by molar-refractivity contribution is 7.99. The molecule has 1 saturated carbocycles. The molecule has 4 N–H and O–H groups in total. The van der Waals surface area contributed by atoms with Crippen molar-refractivity contribution >= 4 is 23.4 Å². The van der Waals surface area contributed by atoms with Crippen LogP contribution in [0.5, 0.6) is 11.6 Å². The van der Waals surface area contributed by atoms with Crippen molar-refractivity contribution in [3.63, 3.8) is 0 Å². The van der Waals surface area contributed by atoms with E-state index in [1.165, 1.54) is 19.3 Å². The first-order chi connectivity index (χ1) is 14.6. The lowest BCUT2D eigenvalue weighted by atomic mass is 9.86. The van der Waals surface area contributed by atoms with Crippen molar-refractivity contribution in [1.82, 2.24) is 4.98 Å². The van der Waals surface area contributed by atoms with Gasteiger partial charge in [0.15, 0.2) is 5.75 Å². The van der Waals surface area contributed by atoms with E-state index in [0.29, 0.717) is 23.7 Å². The molecule has 4 rings (SSSR count). The lowest BCUT2D eigenvalue weighted by Gasteiger charge is -2.20. The fourth-order valence-corrected chi connectivity index (χ4v) is 4.83. The van der Waals surface area contributed by atoms with Gasteiger partial charge in [0.05, 0.1) is 5.69 Å². The topological polar surface area (TPSA) is 85.4 Å². The van der Waals surface area contributed by atoms with Crippen LogP contribution in [0.25, 0.3) is 0 Å². The van der Waals surface area contributed by atoms with E-state index in [2.05, 4.69) is 10.3 Å². The quantitative estimate of drug-likeness (QED) is 0.395. The molecule has 6 heteroatoms. The summed E-state index contributed by atoms with van der Waals surface area (Å²) in [4.78, 5) is 17.7. The van der Waals surface area contributed by atoms with Gasteiger partial charge in [-0.15, -0.1) is 0 Å². The van der Waals surface area contributed by atoms with Crippen molar-refractivity contribution in [1.29, 1.82) is 0 Å². The first-order valence-corrected chi connectivity index (χ1v) is 11.2. The van der Waals surface area contributed by atoms with E-state index in [1.807, 2.05) is 54.6 Å². The average molecular weight is 423 g/mol. The zero-order valence-electron chi connectivity index (χ0n) is 16.7. The van der Waals surface area contributed by atoms with Gasteiger partial charge in [0.25, 0.3) is 5.91 Å². The number of H-pyrrole nitrogens is 1. The molecule has 0 aliphatic heterocycles. The summed E-state index contributed by atoms with van der Waals surface area (Å²) in [6.45, 7) is 0. The number of benzene rings is 2. The normalized spacial score (nSPS) is 14.5. The maximum Gasteiger partial charge on any atom is 0.264 e. The number of carbonyl (C=O) groups excluding carboxylic acids is 1. The van der Waals surface area contributed by atoms with Crippen molar-refractivity contribution < 1.29 is 15.0 Å². The van der Waals surface area contributed by atoms with Crippen LogP contribution in [-0.4, -0.2) is 21.1 Å². The molecular formula is C24H26N2O3S.